The van der Waals surface area contributed by atoms with E-state index in [0.717, 1.165) is 5.57 Å². The van der Waals surface area contributed by atoms with E-state index in [1.807, 2.05) is 26.8 Å². The largest absolute Gasteiger partial charge is 0.392 e. The minimum atomic E-state index is 0.139. The fourth-order valence-electron chi connectivity index (χ4n) is 0.918. The highest BCUT2D eigenvalue weighted by Crippen LogP contribution is 2.05. The molecule has 0 saturated carbocycles. The lowest BCUT2D eigenvalue weighted by Gasteiger charge is -1.96. The van der Waals surface area contributed by atoms with Gasteiger partial charge in [0.2, 0.25) is 0 Å². The average Bonchev–Trinajstić information content (AvgIpc) is 2.03. The zero-order chi connectivity index (χ0) is 9.56. The van der Waals surface area contributed by atoms with Gasteiger partial charge in [-0.05, 0) is 33.3 Å². The van der Waals surface area contributed by atoms with E-state index in [0.29, 0.717) is 0 Å². The first kappa shape index (κ1) is 11.2. The van der Waals surface area contributed by atoms with Crippen molar-refractivity contribution in [2.75, 3.05) is 6.61 Å². The maximum absolute atomic E-state index is 8.76. The van der Waals surface area contributed by atoms with Gasteiger partial charge in [0.15, 0.2) is 0 Å². The van der Waals surface area contributed by atoms with Crippen molar-refractivity contribution in [1.82, 2.24) is 0 Å². The summed E-state index contributed by atoms with van der Waals surface area (Å²) in [4.78, 5) is 0. The number of hydrogen-bond donors (Lipinski definition) is 1. The van der Waals surface area contributed by atoms with Crippen molar-refractivity contribution >= 4 is 0 Å². The van der Waals surface area contributed by atoms with Crippen LogP contribution >= 0.6 is 0 Å². The molecule has 0 rings (SSSR count). The monoisotopic (exact) mass is 166 g/mol. The van der Waals surface area contributed by atoms with Crippen molar-refractivity contribution in [2.45, 2.75) is 27.7 Å². The highest BCUT2D eigenvalue weighted by atomic mass is 16.3. The first-order valence-corrected chi connectivity index (χ1v) is 4.19. The molecule has 1 N–H and O–H groups in total. The Morgan fingerprint density at radius 2 is 1.67 bits per heavy atom. The second-order valence-electron chi connectivity index (χ2n) is 3.07. The molecule has 68 valence electrons. The van der Waals surface area contributed by atoms with E-state index in [4.69, 9.17) is 5.11 Å². The molecular weight excluding hydrogens is 148 g/mol. The van der Waals surface area contributed by atoms with Crippen LogP contribution in [0.4, 0.5) is 0 Å². The van der Waals surface area contributed by atoms with Crippen LogP contribution in [0.3, 0.4) is 0 Å². The Morgan fingerprint density at radius 1 is 1.08 bits per heavy atom. The molecule has 1 nitrogen and oxygen atoms in total. The highest BCUT2D eigenvalue weighted by molar-refractivity contribution is 5.29. The van der Waals surface area contributed by atoms with Crippen LogP contribution in [-0.4, -0.2) is 11.7 Å². The van der Waals surface area contributed by atoms with Gasteiger partial charge in [-0.25, -0.2) is 0 Å². The third-order valence-corrected chi connectivity index (χ3v) is 1.63. The van der Waals surface area contributed by atoms with Gasteiger partial charge in [-0.2, -0.15) is 0 Å². The Labute approximate surface area is 75.1 Å². The minimum absolute atomic E-state index is 0.139. The van der Waals surface area contributed by atoms with Crippen LogP contribution in [0.2, 0.25) is 0 Å². The fraction of sp³-hybridized carbons (Fsp3) is 0.455. The van der Waals surface area contributed by atoms with Crippen LogP contribution in [-0.2, 0) is 0 Å². The van der Waals surface area contributed by atoms with Crippen LogP contribution in [0.5, 0.6) is 0 Å². The summed E-state index contributed by atoms with van der Waals surface area (Å²) in [6.45, 7) is 8.17. The van der Waals surface area contributed by atoms with Crippen LogP contribution in [0.1, 0.15) is 27.7 Å². The van der Waals surface area contributed by atoms with E-state index in [1.165, 1.54) is 11.1 Å². The predicted molar refractivity (Wildman–Crippen MR) is 54.0 cm³/mol. The Balaban J connectivity index is 4.40. The molecule has 0 atom stereocenters. The normalized spacial score (nSPS) is 15.2. The maximum Gasteiger partial charge on any atom is 0.0642 e. The lowest BCUT2D eigenvalue weighted by molar-refractivity contribution is 0.331. The molecule has 0 aromatic rings. The first-order chi connectivity index (χ1) is 5.60. The topological polar surface area (TPSA) is 20.2 Å². The summed E-state index contributed by atoms with van der Waals surface area (Å²) in [5.74, 6) is 0. The molecule has 0 unspecified atom stereocenters. The fourth-order valence-corrected chi connectivity index (χ4v) is 0.918. The second-order valence-corrected chi connectivity index (χ2v) is 3.07. The Kier molecular flexibility index (Phi) is 5.39. The predicted octanol–water partition coefficient (Wildman–Crippen LogP) is 2.84. The minimum Gasteiger partial charge on any atom is -0.392 e. The molecule has 0 heterocycles. The molecule has 0 aliphatic heterocycles. The molecule has 0 bridgehead atoms. The molecule has 0 aliphatic rings. The molecule has 0 saturated heterocycles. The maximum atomic E-state index is 8.76. The van der Waals surface area contributed by atoms with Crippen LogP contribution in [0.25, 0.3) is 0 Å². The molecule has 0 fully saturated rings. The number of rotatable bonds is 3. The lowest BCUT2D eigenvalue weighted by atomic mass is 10.1. The molecule has 0 aliphatic carbocycles. The van der Waals surface area contributed by atoms with E-state index in [2.05, 4.69) is 19.1 Å². The molecule has 1 heteroatoms. The number of allylic oxidation sites excluding steroid dienone is 5. The standard InChI is InChI=1S/C11H18O/c1-5-9(2)6-10(3)7-11(4)8-12/h5-7,12H,8H2,1-4H3/b9-5+,10-6+,11-7+. The van der Waals surface area contributed by atoms with E-state index in [9.17, 15) is 0 Å². The van der Waals surface area contributed by atoms with Gasteiger partial charge in [0, 0.05) is 0 Å². The molecule has 12 heavy (non-hydrogen) atoms. The third-order valence-electron chi connectivity index (χ3n) is 1.63. The molecule has 0 radical (unpaired) electrons. The zero-order valence-corrected chi connectivity index (χ0v) is 8.39. The SMILES string of the molecule is C/C=C(C)/C=C(C)/C=C(\C)CO. The number of hydrogen-bond acceptors (Lipinski definition) is 1. The van der Waals surface area contributed by atoms with Gasteiger partial charge in [-0.15, -0.1) is 0 Å². The Bertz CT molecular complexity index is 219. The van der Waals surface area contributed by atoms with Crippen molar-refractivity contribution in [3.8, 4) is 0 Å². The summed E-state index contributed by atoms with van der Waals surface area (Å²) in [5.41, 5.74) is 3.42. The smallest absolute Gasteiger partial charge is 0.0642 e. The second kappa shape index (κ2) is 5.78. The molecule has 0 aromatic carbocycles. The molecular formula is C11H18O. The number of aliphatic hydroxyl groups is 1. The van der Waals surface area contributed by atoms with E-state index in [-0.39, 0.29) is 6.61 Å². The Morgan fingerprint density at radius 3 is 2.08 bits per heavy atom. The average molecular weight is 166 g/mol. The summed E-state index contributed by atoms with van der Waals surface area (Å²) in [7, 11) is 0. The molecule has 0 spiro atoms. The Hall–Kier alpha value is -0.820. The van der Waals surface area contributed by atoms with Crippen LogP contribution < -0.4 is 0 Å². The van der Waals surface area contributed by atoms with E-state index >= 15 is 0 Å². The van der Waals surface area contributed by atoms with E-state index in [1.54, 1.807) is 0 Å². The van der Waals surface area contributed by atoms with E-state index < -0.39 is 0 Å². The van der Waals surface area contributed by atoms with Crippen molar-refractivity contribution in [3.63, 3.8) is 0 Å². The quantitative estimate of drug-likeness (QED) is 0.639. The zero-order valence-electron chi connectivity index (χ0n) is 8.39. The number of aliphatic hydroxyl groups excluding tert-OH is 1. The van der Waals surface area contributed by atoms with Gasteiger partial charge in [0.1, 0.15) is 0 Å². The molecule has 0 aromatic heterocycles. The van der Waals surface area contributed by atoms with Crippen molar-refractivity contribution in [2.24, 2.45) is 0 Å². The van der Waals surface area contributed by atoms with Crippen LogP contribution in [0.15, 0.2) is 34.9 Å². The summed E-state index contributed by atoms with van der Waals surface area (Å²) in [6.07, 6.45) is 6.15. The first-order valence-electron chi connectivity index (χ1n) is 4.19. The summed E-state index contributed by atoms with van der Waals surface area (Å²) < 4.78 is 0. The lowest BCUT2D eigenvalue weighted by Crippen LogP contribution is -1.84. The van der Waals surface area contributed by atoms with Gasteiger partial charge in [-0.1, -0.05) is 29.4 Å². The van der Waals surface area contributed by atoms with Gasteiger partial charge in [0.05, 0.1) is 6.61 Å². The highest BCUT2D eigenvalue weighted by Gasteiger charge is 1.87. The van der Waals surface area contributed by atoms with Crippen molar-refractivity contribution in [1.29, 1.82) is 0 Å². The summed E-state index contributed by atoms with van der Waals surface area (Å²) >= 11 is 0. The summed E-state index contributed by atoms with van der Waals surface area (Å²) in [6, 6.07) is 0. The molecule has 0 amide bonds. The van der Waals surface area contributed by atoms with Crippen LogP contribution in [0, 0.1) is 0 Å². The third kappa shape index (κ3) is 4.91. The van der Waals surface area contributed by atoms with Gasteiger partial charge < -0.3 is 5.11 Å². The van der Waals surface area contributed by atoms with Gasteiger partial charge in [-0.3, -0.25) is 0 Å². The summed E-state index contributed by atoms with van der Waals surface area (Å²) in [5, 5.41) is 8.76. The van der Waals surface area contributed by atoms with Crippen molar-refractivity contribution in [3.05, 3.63) is 34.9 Å². The van der Waals surface area contributed by atoms with Gasteiger partial charge >= 0.3 is 0 Å². The van der Waals surface area contributed by atoms with Crippen molar-refractivity contribution < 1.29 is 5.11 Å². The van der Waals surface area contributed by atoms with Gasteiger partial charge in [0.25, 0.3) is 0 Å².